The molecule has 32 heavy (non-hydrogen) atoms. The predicted octanol–water partition coefficient (Wildman–Crippen LogP) is 5.36. The molecule has 1 N–H and O–H groups in total. The molecule has 0 aliphatic heterocycles. The van der Waals surface area contributed by atoms with Crippen LogP contribution in [-0.2, 0) is 21.3 Å². The number of rotatable bonds is 8. The Morgan fingerprint density at radius 1 is 1.16 bits per heavy atom. The predicted molar refractivity (Wildman–Crippen MR) is 123 cm³/mol. The highest BCUT2D eigenvalue weighted by Gasteiger charge is 2.20. The molecule has 8 heteroatoms. The number of nitrogens with one attached hydrogen (secondary N) is 1. The molecule has 0 aliphatic rings. The molecular formula is C24H27ClN2O5. The highest BCUT2D eigenvalue weighted by atomic mass is 35.5. The molecule has 0 bridgehead atoms. The van der Waals surface area contributed by atoms with Gasteiger partial charge < -0.3 is 24.1 Å². The van der Waals surface area contributed by atoms with E-state index in [-0.39, 0.29) is 0 Å². The number of halogens is 1. The summed E-state index contributed by atoms with van der Waals surface area (Å²) >= 11 is 6.46. The number of benzene rings is 2. The maximum absolute atomic E-state index is 12.2. The fraction of sp³-hybridized carbons (Fsp3) is 0.333. The summed E-state index contributed by atoms with van der Waals surface area (Å²) in [6, 6.07) is 12.4. The number of carbonyl (C=O) groups excluding carboxylic acids is 2. The average Bonchev–Trinajstić information content (AvgIpc) is 3.05. The van der Waals surface area contributed by atoms with Crippen LogP contribution in [0, 0.1) is 0 Å². The van der Waals surface area contributed by atoms with Gasteiger partial charge in [-0.25, -0.2) is 4.79 Å². The van der Waals surface area contributed by atoms with Crippen LogP contribution in [0.5, 0.6) is 11.5 Å². The Balaban J connectivity index is 1.85. The second-order valence-electron chi connectivity index (χ2n) is 8.21. The highest BCUT2D eigenvalue weighted by Crippen LogP contribution is 2.34. The van der Waals surface area contributed by atoms with Crippen LogP contribution in [0.3, 0.4) is 0 Å². The van der Waals surface area contributed by atoms with E-state index in [1.165, 1.54) is 0 Å². The first-order valence-electron chi connectivity index (χ1n) is 10.2. The third kappa shape index (κ3) is 5.41. The molecule has 0 saturated carbocycles. The van der Waals surface area contributed by atoms with Crippen LogP contribution >= 0.6 is 11.6 Å². The summed E-state index contributed by atoms with van der Waals surface area (Å²) in [4.78, 5) is 23.2. The Morgan fingerprint density at radius 2 is 1.84 bits per heavy atom. The summed E-state index contributed by atoms with van der Waals surface area (Å²) in [5.74, 6) is 0.709. The molecule has 0 fully saturated rings. The number of nitrogens with zero attached hydrogens (tertiary/aromatic N) is 1. The average molecular weight is 459 g/mol. The van der Waals surface area contributed by atoms with E-state index in [0.717, 1.165) is 16.5 Å². The molecule has 1 unspecified atom stereocenters. The van der Waals surface area contributed by atoms with Gasteiger partial charge in [0.2, 0.25) is 6.41 Å². The molecule has 1 aromatic heterocycles. The SMILES string of the molecule is CCOC(=O)c1cc2c(Cl)cc(Oc3ccc(C(NC=O)OC(C)(C)C)cc3)cc2n1C. The van der Waals surface area contributed by atoms with E-state index in [1.54, 1.807) is 42.8 Å². The van der Waals surface area contributed by atoms with Gasteiger partial charge in [0, 0.05) is 30.1 Å². The summed E-state index contributed by atoms with van der Waals surface area (Å²) in [6.45, 7) is 7.81. The maximum Gasteiger partial charge on any atom is 0.354 e. The third-order valence-electron chi connectivity index (χ3n) is 4.68. The standard InChI is InChI=1S/C24H27ClN2O5/c1-6-30-23(29)21-13-18-19(25)11-17(12-20(18)27(21)5)31-16-9-7-15(8-10-16)22(26-14-28)32-24(2,3)4/h7-14,22H,6H2,1-5H3,(H,26,28). The molecule has 1 atom stereocenters. The van der Waals surface area contributed by atoms with Gasteiger partial charge >= 0.3 is 5.97 Å². The van der Waals surface area contributed by atoms with Crippen molar-refractivity contribution in [2.24, 2.45) is 7.05 Å². The number of aromatic nitrogens is 1. The largest absolute Gasteiger partial charge is 0.461 e. The number of fused-ring (bicyclic) bond motifs is 1. The minimum absolute atomic E-state index is 0.294. The molecule has 3 rings (SSSR count). The zero-order chi connectivity index (χ0) is 23.5. The van der Waals surface area contributed by atoms with E-state index in [1.807, 2.05) is 39.0 Å². The Labute approximate surface area is 192 Å². The van der Waals surface area contributed by atoms with E-state index in [4.69, 9.17) is 25.8 Å². The molecule has 0 spiro atoms. The topological polar surface area (TPSA) is 78.8 Å². The van der Waals surface area contributed by atoms with Gasteiger partial charge in [0.05, 0.1) is 22.7 Å². The first-order chi connectivity index (χ1) is 15.1. The summed E-state index contributed by atoms with van der Waals surface area (Å²) < 4.78 is 18.7. The fourth-order valence-corrected chi connectivity index (χ4v) is 3.54. The van der Waals surface area contributed by atoms with E-state index >= 15 is 0 Å². The Bertz CT molecular complexity index is 1120. The highest BCUT2D eigenvalue weighted by molar-refractivity contribution is 6.35. The molecule has 2 aromatic carbocycles. The van der Waals surface area contributed by atoms with Gasteiger partial charge in [-0.3, -0.25) is 4.79 Å². The van der Waals surface area contributed by atoms with Crippen LogP contribution in [-0.4, -0.2) is 29.2 Å². The van der Waals surface area contributed by atoms with Crippen molar-refractivity contribution in [3.8, 4) is 11.5 Å². The molecule has 1 heterocycles. The van der Waals surface area contributed by atoms with Crippen LogP contribution in [0.4, 0.5) is 0 Å². The van der Waals surface area contributed by atoms with E-state index < -0.39 is 17.8 Å². The van der Waals surface area contributed by atoms with Gasteiger partial charge in [0.25, 0.3) is 0 Å². The number of carbonyl (C=O) groups is 2. The van der Waals surface area contributed by atoms with Gasteiger partial charge in [-0.05, 0) is 45.9 Å². The van der Waals surface area contributed by atoms with Crippen molar-refractivity contribution in [2.45, 2.75) is 39.5 Å². The molecule has 170 valence electrons. The zero-order valence-corrected chi connectivity index (χ0v) is 19.5. The lowest BCUT2D eigenvalue weighted by molar-refractivity contribution is -0.120. The Hall–Kier alpha value is -3.03. The molecule has 3 aromatic rings. The van der Waals surface area contributed by atoms with Crippen LogP contribution in [0.15, 0.2) is 42.5 Å². The minimum atomic E-state index is -0.572. The van der Waals surface area contributed by atoms with Crippen LogP contribution in [0.1, 0.15) is 50.0 Å². The van der Waals surface area contributed by atoms with Gasteiger partial charge in [0.15, 0.2) is 6.23 Å². The normalized spacial score (nSPS) is 12.4. The van der Waals surface area contributed by atoms with Gasteiger partial charge in [-0.15, -0.1) is 0 Å². The number of ether oxygens (including phenoxy) is 3. The second-order valence-corrected chi connectivity index (χ2v) is 8.62. The molecule has 0 saturated heterocycles. The molecule has 1 amide bonds. The van der Waals surface area contributed by atoms with Crippen molar-refractivity contribution < 1.29 is 23.8 Å². The van der Waals surface area contributed by atoms with E-state index in [9.17, 15) is 9.59 Å². The molecule has 7 nitrogen and oxygen atoms in total. The number of aryl methyl sites for hydroxylation is 1. The smallest absolute Gasteiger partial charge is 0.354 e. The first kappa shape index (κ1) is 23.6. The van der Waals surface area contributed by atoms with E-state index in [0.29, 0.717) is 35.2 Å². The van der Waals surface area contributed by atoms with Crippen molar-refractivity contribution in [1.29, 1.82) is 0 Å². The number of amides is 1. The maximum atomic E-state index is 12.2. The lowest BCUT2D eigenvalue weighted by Gasteiger charge is -2.27. The van der Waals surface area contributed by atoms with E-state index in [2.05, 4.69) is 5.32 Å². The zero-order valence-electron chi connectivity index (χ0n) is 18.8. The van der Waals surface area contributed by atoms with Crippen molar-refractivity contribution in [3.63, 3.8) is 0 Å². The van der Waals surface area contributed by atoms with Crippen molar-refractivity contribution >= 4 is 34.9 Å². The first-order valence-corrected chi connectivity index (χ1v) is 10.6. The van der Waals surface area contributed by atoms with Gasteiger partial charge in [-0.2, -0.15) is 0 Å². The van der Waals surface area contributed by atoms with Crippen LogP contribution in [0.2, 0.25) is 5.02 Å². The van der Waals surface area contributed by atoms with Crippen molar-refractivity contribution in [2.75, 3.05) is 6.61 Å². The van der Waals surface area contributed by atoms with Crippen molar-refractivity contribution in [3.05, 3.63) is 58.7 Å². The summed E-state index contributed by atoms with van der Waals surface area (Å²) in [6.07, 6.45) is 0.0413. The number of hydrogen-bond acceptors (Lipinski definition) is 5. The molecule has 0 aliphatic carbocycles. The summed E-state index contributed by atoms with van der Waals surface area (Å²) in [5, 5.41) is 3.88. The van der Waals surface area contributed by atoms with Gasteiger partial charge in [-0.1, -0.05) is 23.7 Å². The van der Waals surface area contributed by atoms with Gasteiger partial charge in [0.1, 0.15) is 17.2 Å². The monoisotopic (exact) mass is 458 g/mol. The van der Waals surface area contributed by atoms with Crippen LogP contribution < -0.4 is 10.1 Å². The quantitative estimate of drug-likeness (QED) is 0.279. The fourth-order valence-electron chi connectivity index (χ4n) is 3.28. The van der Waals surface area contributed by atoms with Crippen molar-refractivity contribution in [1.82, 2.24) is 9.88 Å². The third-order valence-corrected chi connectivity index (χ3v) is 4.99. The summed E-state index contributed by atoms with van der Waals surface area (Å²) in [7, 11) is 1.78. The number of esters is 1. The lowest BCUT2D eigenvalue weighted by atomic mass is 10.1. The summed E-state index contributed by atoms with van der Waals surface area (Å²) in [5.41, 5.74) is 1.52. The Kier molecular flexibility index (Phi) is 7.11. The second kappa shape index (κ2) is 9.63. The lowest BCUT2D eigenvalue weighted by Crippen LogP contribution is -2.30. The molecular weight excluding hydrogens is 432 g/mol. The minimum Gasteiger partial charge on any atom is -0.461 e. The number of hydrogen-bond donors (Lipinski definition) is 1. The molecule has 0 radical (unpaired) electrons. The van der Waals surface area contributed by atoms with Crippen LogP contribution in [0.25, 0.3) is 10.9 Å². The Morgan fingerprint density at radius 3 is 2.44 bits per heavy atom.